The lowest BCUT2D eigenvalue weighted by Crippen LogP contribution is -2.16. The molecule has 0 aliphatic carbocycles. The number of amides is 1. The Morgan fingerprint density at radius 3 is 2.69 bits per heavy atom. The first-order chi connectivity index (χ1) is 12.6. The van der Waals surface area contributed by atoms with E-state index >= 15 is 0 Å². The van der Waals surface area contributed by atoms with E-state index in [2.05, 4.69) is 11.6 Å². The average molecular weight is 372 g/mol. The Balaban J connectivity index is 2.10. The number of carbonyl (C=O) groups is 1. The third-order valence-corrected chi connectivity index (χ3v) is 4.83. The van der Waals surface area contributed by atoms with Crippen LogP contribution in [0.15, 0.2) is 54.0 Å². The summed E-state index contributed by atoms with van der Waals surface area (Å²) in [6.07, 6.45) is 1.70. The van der Waals surface area contributed by atoms with Gasteiger partial charge in [-0.1, -0.05) is 17.4 Å². The van der Waals surface area contributed by atoms with Crippen LogP contribution in [0.5, 0.6) is 11.5 Å². The van der Waals surface area contributed by atoms with E-state index in [1.165, 1.54) is 37.7 Å². The number of benzene rings is 2. The number of thiazole rings is 1. The number of nitrogens with zero attached hydrogens (tertiary/aromatic N) is 2. The van der Waals surface area contributed by atoms with Gasteiger partial charge < -0.3 is 14.0 Å². The zero-order valence-electron chi connectivity index (χ0n) is 14.4. The van der Waals surface area contributed by atoms with E-state index in [1.54, 1.807) is 30.3 Å². The summed E-state index contributed by atoms with van der Waals surface area (Å²) in [5.41, 5.74) is 1.17. The summed E-state index contributed by atoms with van der Waals surface area (Å²) in [6, 6.07) is 9.34. The van der Waals surface area contributed by atoms with Gasteiger partial charge in [0.05, 0.1) is 24.4 Å². The van der Waals surface area contributed by atoms with Gasteiger partial charge in [-0.15, -0.1) is 6.58 Å². The van der Waals surface area contributed by atoms with Gasteiger partial charge in [0.15, 0.2) is 16.3 Å². The van der Waals surface area contributed by atoms with Crippen LogP contribution in [0.4, 0.5) is 4.39 Å². The molecule has 1 aromatic heterocycles. The van der Waals surface area contributed by atoms with Gasteiger partial charge in [-0.25, -0.2) is 4.39 Å². The lowest BCUT2D eigenvalue weighted by molar-refractivity contribution is 0.0997. The second kappa shape index (κ2) is 7.53. The Morgan fingerprint density at radius 2 is 2.00 bits per heavy atom. The highest BCUT2D eigenvalue weighted by Gasteiger charge is 2.12. The molecule has 0 fully saturated rings. The number of carbonyl (C=O) groups excluding carboxylic acids is 1. The van der Waals surface area contributed by atoms with Crippen LogP contribution in [0, 0.1) is 5.82 Å². The third-order valence-electron chi connectivity index (χ3n) is 3.78. The van der Waals surface area contributed by atoms with E-state index in [0.29, 0.717) is 33.1 Å². The van der Waals surface area contributed by atoms with Crippen molar-refractivity contribution in [3.8, 4) is 11.5 Å². The molecule has 0 atom stereocenters. The van der Waals surface area contributed by atoms with Crippen LogP contribution >= 0.6 is 11.3 Å². The molecule has 5 nitrogen and oxygen atoms in total. The topological polar surface area (TPSA) is 52.8 Å². The Morgan fingerprint density at radius 1 is 1.23 bits per heavy atom. The van der Waals surface area contributed by atoms with Crippen molar-refractivity contribution in [3.05, 3.63) is 65.2 Å². The fourth-order valence-electron chi connectivity index (χ4n) is 2.56. The standard InChI is InChI=1S/C19H17FN2O3S/c1-4-9-22-14-7-6-13(20)11-17(14)26-19(22)21-18(23)12-5-8-15(24-2)16(10-12)25-3/h4-8,10-11H,1,9H2,2-3H3. The minimum absolute atomic E-state index is 0.331. The summed E-state index contributed by atoms with van der Waals surface area (Å²) < 4.78 is 26.4. The van der Waals surface area contributed by atoms with Gasteiger partial charge >= 0.3 is 0 Å². The third kappa shape index (κ3) is 3.39. The molecule has 7 heteroatoms. The number of rotatable bonds is 5. The summed E-state index contributed by atoms with van der Waals surface area (Å²) in [7, 11) is 3.03. The summed E-state index contributed by atoms with van der Waals surface area (Å²) in [6.45, 7) is 4.19. The minimum Gasteiger partial charge on any atom is -0.493 e. The predicted molar refractivity (Wildman–Crippen MR) is 99.4 cm³/mol. The number of hydrogen-bond donors (Lipinski definition) is 0. The molecule has 0 spiro atoms. The van der Waals surface area contributed by atoms with Crippen molar-refractivity contribution in [2.45, 2.75) is 6.54 Å². The van der Waals surface area contributed by atoms with Crippen molar-refractivity contribution in [2.75, 3.05) is 14.2 Å². The number of aromatic nitrogens is 1. The SMILES string of the molecule is C=CCn1c(=NC(=O)c2ccc(OC)c(OC)c2)sc2cc(F)ccc21. The summed E-state index contributed by atoms with van der Waals surface area (Å²) in [5.74, 6) is 0.229. The molecule has 0 bridgehead atoms. The van der Waals surface area contributed by atoms with Gasteiger partial charge in [0.1, 0.15) is 5.82 Å². The maximum absolute atomic E-state index is 13.5. The maximum atomic E-state index is 13.5. The maximum Gasteiger partial charge on any atom is 0.279 e. The van der Waals surface area contributed by atoms with E-state index < -0.39 is 5.91 Å². The van der Waals surface area contributed by atoms with E-state index in [1.807, 2.05) is 4.57 Å². The van der Waals surface area contributed by atoms with Crippen molar-refractivity contribution in [2.24, 2.45) is 4.99 Å². The van der Waals surface area contributed by atoms with Crippen LogP contribution in [-0.4, -0.2) is 24.7 Å². The van der Waals surface area contributed by atoms with Gasteiger partial charge in [-0.05, 0) is 36.4 Å². The number of ether oxygens (including phenoxy) is 2. The number of allylic oxidation sites excluding steroid dienone is 1. The first-order valence-corrected chi connectivity index (χ1v) is 8.60. The summed E-state index contributed by atoms with van der Waals surface area (Å²) >= 11 is 1.25. The van der Waals surface area contributed by atoms with Crippen molar-refractivity contribution in [1.82, 2.24) is 4.57 Å². The Bertz CT molecular complexity index is 1050. The zero-order chi connectivity index (χ0) is 18.7. The van der Waals surface area contributed by atoms with Crippen LogP contribution in [0.2, 0.25) is 0 Å². The van der Waals surface area contributed by atoms with Crippen LogP contribution in [0.3, 0.4) is 0 Å². The van der Waals surface area contributed by atoms with Gasteiger partial charge in [0.25, 0.3) is 5.91 Å². The van der Waals surface area contributed by atoms with Gasteiger partial charge in [-0.3, -0.25) is 4.79 Å². The molecule has 134 valence electrons. The van der Waals surface area contributed by atoms with Crippen LogP contribution in [0.25, 0.3) is 10.2 Å². The highest BCUT2D eigenvalue weighted by Crippen LogP contribution is 2.27. The molecular weight excluding hydrogens is 355 g/mol. The molecule has 2 aromatic carbocycles. The quantitative estimate of drug-likeness (QED) is 0.641. The molecule has 0 saturated carbocycles. The highest BCUT2D eigenvalue weighted by molar-refractivity contribution is 7.16. The molecule has 3 aromatic rings. The van der Waals surface area contributed by atoms with E-state index in [9.17, 15) is 9.18 Å². The van der Waals surface area contributed by atoms with Crippen LogP contribution < -0.4 is 14.3 Å². The molecule has 0 aliphatic heterocycles. The predicted octanol–water partition coefficient (Wildman–Crippen LogP) is 3.79. The van der Waals surface area contributed by atoms with Crippen molar-refractivity contribution in [1.29, 1.82) is 0 Å². The normalized spacial score (nSPS) is 11.6. The lowest BCUT2D eigenvalue weighted by Gasteiger charge is -2.07. The number of fused-ring (bicyclic) bond motifs is 1. The van der Waals surface area contributed by atoms with Crippen LogP contribution in [0.1, 0.15) is 10.4 Å². The van der Waals surface area contributed by atoms with Gasteiger partial charge in [0.2, 0.25) is 0 Å². The average Bonchev–Trinajstić information content (AvgIpc) is 2.97. The molecule has 0 aliphatic rings. The fourth-order valence-corrected chi connectivity index (χ4v) is 3.62. The Kier molecular flexibility index (Phi) is 5.18. The summed E-state index contributed by atoms with van der Waals surface area (Å²) in [5, 5.41) is 0. The lowest BCUT2D eigenvalue weighted by atomic mass is 10.2. The molecule has 1 amide bonds. The molecule has 1 heterocycles. The zero-order valence-corrected chi connectivity index (χ0v) is 15.2. The monoisotopic (exact) mass is 372 g/mol. The number of methoxy groups -OCH3 is 2. The molecular formula is C19H17FN2O3S. The van der Waals surface area contributed by atoms with E-state index in [0.717, 1.165) is 5.52 Å². The van der Waals surface area contributed by atoms with Crippen molar-refractivity contribution < 1.29 is 18.7 Å². The molecule has 26 heavy (non-hydrogen) atoms. The summed E-state index contributed by atoms with van der Waals surface area (Å²) in [4.78, 5) is 17.3. The minimum atomic E-state index is -0.421. The number of halogens is 1. The second-order valence-corrected chi connectivity index (χ2v) is 6.39. The smallest absolute Gasteiger partial charge is 0.279 e. The van der Waals surface area contributed by atoms with E-state index in [-0.39, 0.29) is 5.82 Å². The Labute approximate surface area is 153 Å². The molecule has 0 N–H and O–H groups in total. The first kappa shape index (κ1) is 17.9. The number of hydrogen-bond acceptors (Lipinski definition) is 4. The molecule has 0 radical (unpaired) electrons. The first-order valence-electron chi connectivity index (χ1n) is 7.78. The fraction of sp³-hybridized carbons (Fsp3) is 0.158. The van der Waals surface area contributed by atoms with Crippen molar-refractivity contribution in [3.63, 3.8) is 0 Å². The highest BCUT2D eigenvalue weighted by atomic mass is 32.1. The van der Waals surface area contributed by atoms with E-state index in [4.69, 9.17) is 9.47 Å². The Hall–Kier alpha value is -2.93. The molecule has 0 unspecified atom stereocenters. The molecule has 0 saturated heterocycles. The molecule has 3 rings (SSSR count). The largest absolute Gasteiger partial charge is 0.493 e. The second-order valence-electron chi connectivity index (χ2n) is 5.38. The van der Waals surface area contributed by atoms with Gasteiger partial charge in [0, 0.05) is 12.1 Å². The van der Waals surface area contributed by atoms with Gasteiger partial charge in [-0.2, -0.15) is 4.99 Å². The van der Waals surface area contributed by atoms with Crippen molar-refractivity contribution >= 4 is 27.5 Å². The van der Waals surface area contributed by atoms with Crippen LogP contribution in [-0.2, 0) is 6.54 Å².